The number of benzene rings is 2. The summed E-state index contributed by atoms with van der Waals surface area (Å²) in [4.78, 5) is 2.99. The van der Waals surface area contributed by atoms with Crippen molar-refractivity contribution < 1.29 is 22.1 Å². The zero-order valence-corrected chi connectivity index (χ0v) is 75.7. The Bertz CT molecular complexity index is 3380. The molecule has 6 heteroatoms. The maximum Gasteiger partial charge on any atom is 0.134 e. The lowest BCUT2D eigenvalue weighted by Gasteiger charge is -2.34. The lowest BCUT2D eigenvalue weighted by Crippen LogP contribution is -2.23. The fraction of sp³-hybridized carbons (Fsp3) is 0.657. The molecule has 8 aromatic rings. The number of para-hydroxylation sites is 1. The van der Waals surface area contributed by atoms with Crippen molar-refractivity contribution in [1.29, 1.82) is 0 Å². The van der Waals surface area contributed by atoms with Gasteiger partial charge in [0.1, 0.15) is 45.9 Å². The van der Waals surface area contributed by atoms with Crippen LogP contribution < -0.4 is 0 Å². The van der Waals surface area contributed by atoms with Crippen molar-refractivity contribution in [3.8, 4) is 0 Å². The van der Waals surface area contributed by atoms with Gasteiger partial charge in [0.15, 0.2) is 0 Å². The minimum atomic E-state index is 0.343. The molecule has 105 heavy (non-hydrogen) atoms. The van der Waals surface area contributed by atoms with Gasteiger partial charge >= 0.3 is 0 Å². The van der Waals surface area contributed by atoms with Crippen molar-refractivity contribution in [2.24, 2.45) is 87.8 Å². The van der Waals surface area contributed by atoms with Crippen LogP contribution in [0.4, 0.5) is 0 Å². The molecule has 0 saturated heterocycles. The van der Waals surface area contributed by atoms with E-state index in [1.165, 1.54) is 51.1 Å². The van der Waals surface area contributed by atoms with Gasteiger partial charge in [0.2, 0.25) is 0 Å². The fourth-order valence-electron chi connectivity index (χ4n) is 16.1. The Morgan fingerprint density at radius 3 is 1.24 bits per heavy atom. The maximum absolute atomic E-state index is 5.88. The summed E-state index contributed by atoms with van der Waals surface area (Å²) in [5.41, 5.74) is 7.11. The van der Waals surface area contributed by atoms with Crippen molar-refractivity contribution in [1.82, 2.24) is 0 Å². The van der Waals surface area contributed by atoms with Crippen molar-refractivity contribution in [2.45, 2.75) is 336 Å². The third-order valence-electron chi connectivity index (χ3n) is 22.0. The lowest BCUT2D eigenvalue weighted by molar-refractivity contribution is 0.199. The summed E-state index contributed by atoms with van der Waals surface area (Å²) in [6.07, 6.45) is 8.82. The van der Waals surface area contributed by atoms with Gasteiger partial charge < -0.3 is 22.1 Å². The zero-order chi connectivity index (χ0) is 80.3. The Hall–Kier alpha value is -5.20. The number of hydrogen-bond donors (Lipinski definition) is 0. The Morgan fingerprint density at radius 2 is 0.895 bits per heavy atom. The van der Waals surface area contributed by atoms with Gasteiger partial charge in [-0.05, 0) is 243 Å². The Labute approximate surface area is 652 Å². The first-order valence-electron chi connectivity index (χ1n) is 41.6. The molecule has 5 nitrogen and oxygen atoms in total. The third kappa shape index (κ3) is 32.5. The Morgan fingerprint density at radius 1 is 0.400 bits per heavy atom. The summed E-state index contributed by atoms with van der Waals surface area (Å²) in [5, 5.41) is 1.21. The van der Waals surface area contributed by atoms with Crippen molar-refractivity contribution in [2.75, 3.05) is 0 Å². The van der Waals surface area contributed by atoms with E-state index in [2.05, 4.69) is 340 Å². The predicted molar refractivity (Wildman–Crippen MR) is 463 cm³/mol. The van der Waals surface area contributed by atoms with Gasteiger partial charge in [-0.25, -0.2) is 0 Å². The first-order chi connectivity index (χ1) is 48.7. The van der Waals surface area contributed by atoms with E-state index in [1.54, 1.807) is 4.88 Å². The van der Waals surface area contributed by atoms with E-state index in [0.717, 1.165) is 88.5 Å². The van der Waals surface area contributed by atoms with Crippen LogP contribution in [0.15, 0.2) is 138 Å². The first-order valence-corrected chi connectivity index (χ1v) is 42.4. The number of rotatable bonds is 22. The Balaban J connectivity index is 0.000000409. The van der Waals surface area contributed by atoms with Crippen LogP contribution in [0.3, 0.4) is 0 Å². The van der Waals surface area contributed by atoms with Gasteiger partial charge in [-0.1, -0.05) is 277 Å². The van der Waals surface area contributed by atoms with Crippen LogP contribution in [0.1, 0.15) is 374 Å². The van der Waals surface area contributed by atoms with Gasteiger partial charge in [0.25, 0.3) is 0 Å². The summed E-state index contributed by atoms with van der Waals surface area (Å²) < 4.78 is 28.6. The van der Waals surface area contributed by atoms with Crippen LogP contribution in [-0.4, -0.2) is 0 Å². The van der Waals surface area contributed by atoms with Crippen LogP contribution in [-0.2, 0) is 0 Å². The van der Waals surface area contributed by atoms with Gasteiger partial charge in [-0.3, -0.25) is 0 Å². The smallest absolute Gasteiger partial charge is 0.134 e. The number of furan rings is 5. The Kier molecular flexibility index (Phi) is 41.7. The second kappa shape index (κ2) is 45.7. The molecule has 0 aliphatic heterocycles. The molecule has 1 aliphatic rings. The number of hydrogen-bond acceptors (Lipinski definition) is 6. The number of fused-ring (bicyclic) bond motifs is 1. The third-order valence-corrected chi connectivity index (χ3v) is 23.1. The van der Waals surface area contributed by atoms with E-state index in [-0.39, 0.29) is 0 Å². The van der Waals surface area contributed by atoms with Crippen LogP contribution in [0.2, 0.25) is 0 Å². The van der Waals surface area contributed by atoms with E-state index in [1.807, 2.05) is 49.8 Å². The molecule has 6 heterocycles. The molecule has 1 saturated carbocycles. The van der Waals surface area contributed by atoms with E-state index >= 15 is 0 Å². The minimum absolute atomic E-state index is 0.343. The second-order valence-corrected chi connectivity index (χ2v) is 38.8. The van der Waals surface area contributed by atoms with E-state index in [0.29, 0.717) is 99.6 Å². The quantitative estimate of drug-likeness (QED) is 0.0676. The fourth-order valence-corrected chi connectivity index (χ4v) is 17.4. The highest BCUT2D eigenvalue weighted by molar-refractivity contribution is 7.12. The maximum atomic E-state index is 5.88. The molecule has 0 N–H and O–H groups in total. The normalized spacial score (nSPS) is 14.1. The molecule has 594 valence electrons. The molecule has 0 bridgehead atoms. The van der Waals surface area contributed by atoms with Crippen LogP contribution in [0.5, 0.6) is 0 Å². The highest BCUT2D eigenvalue weighted by Crippen LogP contribution is 2.47. The molecule has 1 aliphatic carbocycles. The SMILES string of the molecule is CC(C)[C@@H](C)C(C)(C)C.CC(C)[C@@H](c1ccccc1)C(C)(C)C.CC(C)c1coc(C(C(C)C)C(C)C)c1.CC[C@H](c1cc(C)co1)C(C)C.CC[C@H](c1cc2ccccc2o1)C(C)C.Cc1cc(C(C(C)C)C(C)C)oc1C.Cc1ccc(C(C(C)C)C(C)C)s1.Cc1ccc([C@H](C(C)C)C2CC2)o1. The molecule has 0 radical (unpaired) electrons. The first kappa shape index (κ1) is 95.9. The zero-order valence-electron chi connectivity index (χ0n) is 74.9. The van der Waals surface area contributed by atoms with E-state index < -0.39 is 0 Å². The highest BCUT2D eigenvalue weighted by atomic mass is 32.1. The van der Waals surface area contributed by atoms with Gasteiger partial charge in [0.05, 0.1) is 12.5 Å². The second-order valence-electron chi connectivity index (χ2n) is 37.5. The standard InChI is InChI=1S/C14H18O.C14H24O.C14H22.C13H22O.C12H18O.C12H20S.C11H18O.C9H20/c1-4-12(10(2)3)14-9-11-7-5-6-8-13(11)15-14;1-9(2)12-7-13(15-8-12)14(10(3)4)11(5)6;1-11(2)13(14(3,4)5)12-9-7-6-8-10-12;1-8(2)13(9(3)4)12-7-10(5)11(6)14-12;1-8(2)12(10-5-6-10)11-7-4-9(3)13-11;1-8(2)12(9(3)4)11-7-6-10(5)13-11;1-5-10(8(2)3)11-6-9(4)7-12-11;1-7(2)8(3)9(4,5)6/h5-10,12H,4H2,1-3H3;7-11,14H,1-6H3;6-11,13H,1-5H3;7-9,13H,1-6H3;4,7-8,10,12H,5-6H2,1-3H3;6-9,12H,1-5H3;6-8,10H,5H2,1-4H3;7-8H,1-6H3/t12-;;13-;;12-;;10-;8-/m0.0.1.01/s1. The molecule has 1 fully saturated rings. The molecule has 0 amide bonds. The summed E-state index contributed by atoms with van der Waals surface area (Å²) in [6, 6.07) is 36.6. The van der Waals surface area contributed by atoms with Gasteiger partial charge in [0, 0.05) is 44.7 Å². The molecule has 5 atom stereocenters. The van der Waals surface area contributed by atoms with Crippen LogP contribution in [0.25, 0.3) is 11.0 Å². The molecule has 6 aromatic heterocycles. The average Bonchev–Trinajstić information content (AvgIpc) is 1.56. The summed E-state index contributed by atoms with van der Waals surface area (Å²) in [7, 11) is 0. The lowest BCUT2D eigenvalue weighted by atomic mass is 9.71. The highest BCUT2D eigenvalue weighted by Gasteiger charge is 2.36. The monoisotopic (exact) mass is 1460 g/mol. The topological polar surface area (TPSA) is 65.7 Å². The van der Waals surface area contributed by atoms with E-state index in [4.69, 9.17) is 22.1 Å². The van der Waals surface area contributed by atoms with Crippen LogP contribution in [0, 0.1) is 122 Å². The summed E-state index contributed by atoms with van der Waals surface area (Å²) in [6.45, 7) is 85.6. The molecule has 9 rings (SSSR count). The molecule has 0 spiro atoms. The van der Waals surface area contributed by atoms with Crippen molar-refractivity contribution in [3.63, 3.8) is 0 Å². The predicted octanol–water partition coefficient (Wildman–Crippen LogP) is 33.4. The number of thiophene rings is 1. The number of aryl methyl sites for hydroxylation is 5. The summed E-state index contributed by atoms with van der Waals surface area (Å²) >= 11 is 1.95. The van der Waals surface area contributed by atoms with Crippen LogP contribution >= 0.6 is 11.3 Å². The molecular formula is C99H162O5S. The average molecular weight is 1460 g/mol. The summed E-state index contributed by atoms with van der Waals surface area (Å²) in [5.74, 6) is 22.0. The van der Waals surface area contributed by atoms with Crippen molar-refractivity contribution >= 4 is 22.3 Å². The largest absolute Gasteiger partial charge is 0.469 e. The van der Waals surface area contributed by atoms with Crippen molar-refractivity contribution in [3.05, 3.63) is 188 Å². The molecule has 2 aromatic carbocycles. The minimum Gasteiger partial charge on any atom is -0.469 e. The van der Waals surface area contributed by atoms with Gasteiger partial charge in [-0.15, -0.1) is 11.3 Å². The molecular weight excluding hydrogens is 1300 g/mol. The molecule has 0 unspecified atom stereocenters. The van der Waals surface area contributed by atoms with E-state index in [9.17, 15) is 0 Å². The van der Waals surface area contributed by atoms with Gasteiger partial charge in [-0.2, -0.15) is 0 Å².